The Morgan fingerprint density at radius 3 is 2.48 bits per heavy atom. The normalized spacial score (nSPS) is 23.3. The van der Waals surface area contributed by atoms with Crippen LogP contribution in [0, 0.1) is 5.92 Å². The van der Waals surface area contributed by atoms with Gasteiger partial charge in [0.05, 0.1) is 0 Å². The molecule has 0 radical (unpaired) electrons. The molecular weight excluding hydrogens is 302 g/mol. The van der Waals surface area contributed by atoms with Crippen LogP contribution in [0.15, 0.2) is 48.5 Å². The molecule has 1 aliphatic rings. The molecule has 2 aromatic carbocycles. The lowest BCUT2D eigenvalue weighted by molar-refractivity contribution is 0.292. The lowest BCUT2D eigenvalue weighted by atomic mass is 9.87. The van der Waals surface area contributed by atoms with E-state index in [1.807, 2.05) is 6.07 Å². The minimum absolute atomic E-state index is 0.605. The summed E-state index contributed by atoms with van der Waals surface area (Å²) in [5.41, 5.74) is 4.36. The van der Waals surface area contributed by atoms with E-state index in [0.717, 1.165) is 18.1 Å². The second kappa shape index (κ2) is 7.07. The number of fused-ring (bicyclic) bond motifs is 1. The van der Waals surface area contributed by atoms with Gasteiger partial charge in [-0.15, -0.1) is 0 Å². The zero-order valence-corrected chi connectivity index (χ0v) is 15.1. The molecule has 0 heterocycles. The van der Waals surface area contributed by atoms with Gasteiger partial charge in [0, 0.05) is 11.6 Å². The smallest absolute Gasteiger partial charge is 0.0409 e. The summed E-state index contributed by atoms with van der Waals surface area (Å²) in [5.74, 6) is 1.94. The van der Waals surface area contributed by atoms with Gasteiger partial charge in [-0.3, -0.25) is 0 Å². The van der Waals surface area contributed by atoms with E-state index in [-0.39, 0.29) is 0 Å². The van der Waals surface area contributed by atoms with E-state index in [0.29, 0.717) is 17.8 Å². The number of hydrogen-bond donors (Lipinski definition) is 0. The summed E-state index contributed by atoms with van der Waals surface area (Å²) in [6, 6.07) is 17.2. The molecule has 2 aromatic rings. The highest BCUT2D eigenvalue weighted by Gasteiger charge is 2.34. The Morgan fingerprint density at radius 2 is 1.74 bits per heavy atom. The third-order valence-electron chi connectivity index (χ3n) is 5.48. The highest BCUT2D eigenvalue weighted by atomic mass is 35.5. The van der Waals surface area contributed by atoms with Gasteiger partial charge >= 0.3 is 0 Å². The molecule has 0 aromatic heterocycles. The number of halogens is 1. The molecule has 2 heteroatoms. The largest absolute Gasteiger partial charge is 0.302 e. The van der Waals surface area contributed by atoms with Gasteiger partial charge in [-0.05, 0) is 66.6 Å². The van der Waals surface area contributed by atoms with E-state index in [2.05, 4.69) is 68.3 Å². The quantitative estimate of drug-likeness (QED) is 0.681. The predicted octanol–water partition coefficient (Wildman–Crippen LogP) is 5.70. The Kier molecular flexibility index (Phi) is 5.08. The molecular formula is C21H26ClN. The Hall–Kier alpha value is -1.31. The first-order valence-corrected chi connectivity index (χ1v) is 8.96. The first-order valence-electron chi connectivity index (χ1n) is 8.58. The van der Waals surface area contributed by atoms with Crippen LogP contribution in [0.25, 0.3) is 0 Å². The number of hydrogen-bond acceptors (Lipinski definition) is 1. The maximum absolute atomic E-state index is 6.19. The maximum atomic E-state index is 6.19. The minimum atomic E-state index is 0.605. The average Bonchev–Trinajstić information content (AvgIpc) is 2.78. The van der Waals surface area contributed by atoms with Crippen molar-refractivity contribution in [2.75, 3.05) is 13.6 Å². The third kappa shape index (κ3) is 3.62. The Morgan fingerprint density at radius 1 is 1.00 bits per heavy atom. The molecule has 0 saturated carbocycles. The number of benzene rings is 2. The predicted molar refractivity (Wildman–Crippen MR) is 99.2 cm³/mol. The highest BCUT2D eigenvalue weighted by Crippen LogP contribution is 2.48. The molecule has 23 heavy (non-hydrogen) atoms. The molecule has 1 nitrogen and oxygen atoms in total. The van der Waals surface area contributed by atoms with Crippen molar-refractivity contribution in [1.29, 1.82) is 0 Å². The zero-order chi connectivity index (χ0) is 16.4. The molecule has 0 saturated heterocycles. The lowest BCUT2D eigenvalue weighted by Gasteiger charge is -2.23. The van der Waals surface area contributed by atoms with Crippen LogP contribution in [0.4, 0.5) is 0 Å². The van der Waals surface area contributed by atoms with Crippen molar-refractivity contribution in [3.63, 3.8) is 0 Å². The second-order valence-electron chi connectivity index (χ2n) is 7.04. The average molecular weight is 328 g/mol. The molecule has 2 unspecified atom stereocenters. The molecule has 3 rings (SSSR count). The Labute approximate surface area is 145 Å². The van der Waals surface area contributed by atoms with Crippen LogP contribution in [-0.2, 0) is 6.54 Å². The van der Waals surface area contributed by atoms with Crippen LogP contribution in [0.5, 0.6) is 0 Å². The summed E-state index contributed by atoms with van der Waals surface area (Å²) in [5, 5.41) is 0.865. The fourth-order valence-electron chi connectivity index (χ4n) is 3.94. The van der Waals surface area contributed by atoms with Crippen molar-refractivity contribution in [3.05, 3.63) is 70.2 Å². The summed E-state index contributed by atoms with van der Waals surface area (Å²) in [7, 11) is 2.22. The lowest BCUT2D eigenvalue weighted by Crippen LogP contribution is -2.22. The van der Waals surface area contributed by atoms with Gasteiger partial charge in [0.15, 0.2) is 0 Å². The van der Waals surface area contributed by atoms with E-state index < -0.39 is 0 Å². The van der Waals surface area contributed by atoms with Gasteiger partial charge in [0.2, 0.25) is 0 Å². The molecule has 0 spiro atoms. The van der Waals surface area contributed by atoms with E-state index >= 15 is 0 Å². The van der Waals surface area contributed by atoms with Crippen molar-refractivity contribution in [3.8, 4) is 0 Å². The van der Waals surface area contributed by atoms with E-state index in [9.17, 15) is 0 Å². The zero-order valence-electron chi connectivity index (χ0n) is 14.3. The van der Waals surface area contributed by atoms with E-state index in [4.69, 9.17) is 11.6 Å². The van der Waals surface area contributed by atoms with E-state index in [1.54, 1.807) is 0 Å². The van der Waals surface area contributed by atoms with Gasteiger partial charge < -0.3 is 4.90 Å². The topological polar surface area (TPSA) is 3.24 Å². The van der Waals surface area contributed by atoms with Crippen LogP contribution in [-0.4, -0.2) is 18.5 Å². The summed E-state index contributed by atoms with van der Waals surface area (Å²) in [6.07, 6.45) is 1.21. The molecule has 3 atom stereocenters. The van der Waals surface area contributed by atoms with Crippen LogP contribution in [0.2, 0.25) is 5.02 Å². The highest BCUT2D eigenvalue weighted by molar-refractivity contribution is 6.30. The van der Waals surface area contributed by atoms with Gasteiger partial charge in [-0.1, -0.05) is 61.8 Å². The van der Waals surface area contributed by atoms with Gasteiger partial charge in [-0.2, -0.15) is 0 Å². The fourth-order valence-corrected chi connectivity index (χ4v) is 4.13. The van der Waals surface area contributed by atoms with Crippen molar-refractivity contribution in [2.24, 2.45) is 5.92 Å². The third-order valence-corrected chi connectivity index (χ3v) is 5.71. The summed E-state index contributed by atoms with van der Waals surface area (Å²) < 4.78 is 0. The summed E-state index contributed by atoms with van der Waals surface area (Å²) in [6.45, 7) is 6.87. The van der Waals surface area contributed by atoms with Crippen LogP contribution >= 0.6 is 11.6 Å². The Bertz CT molecular complexity index is 652. The maximum Gasteiger partial charge on any atom is 0.0409 e. The van der Waals surface area contributed by atoms with Gasteiger partial charge in [0.25, 0.3) is 0 Å². The molecule has 0 aliphatic heterocycles. The summed E-state index contributed by atoms with van der Waals surface area (Å²) >= 11 is 6.19. The molecule has 0 amide bonds. The van der Waals surface area contributed by atoms with Gasteiger partial charge in [-0.25, -0.2) is 0 Å². The van der Waals surface area contributed by atoms with E-state index in [1.165, 1.54) is 23.1 Å². The second-order valence-corrected chi connectivity index (χ2v) is 7.48. The first kappa shape index (κ1) is 16.5. The molecule has 0 N–H and O–H groups in total. The Balaban J connectivity index is 1.64. The van der Waals surface area contributed by atoms with Gasteiger partial charge in [0.1, 0.15) is 0 Å². The van der Waals surface area contributed by atoms with Crippen molar-refractivity contribution >= 4 is 11.6 Å². The summed E-state index contributed by atoms with van der Waals surface area (Å²) in [4.78, 5) is 2.43. The molecule has 0 fully saturated rings. The van der Waals surface area contributed by atoms with Crippen molar-refractivity contribution in [2.45, 2.75) is 38.6 Å². The van der Waals surface area contributed by atoms with Crippen LogP contribution in [0.1, 0.15) is 48.8 Å². The minimum Gasteiger partial charge on any atom is -0.302 e. The van der Waals surface area contributed by atoms with Crippen LogP contribution < -0.4 is 0 Å². The number of rotatable bonds is 5. The molecule has 1 aliphatic carbocycles. The number of nitrogens with zero attached hydrogens (tertiary/aromatic N) is 1. The first-order chi connectivity index (χ1) is 11.1. The fraction of sp³-hybridized carbons (Fsp3) is 0.429. The molecule has 0 bridgehead atoms. The monoisotopic (exact) mass is 327 g/mol. The van der Waals surface area contributed by atoms with Crippen molar-refractivity contribution in [1.82, 2.24) is 4.90 Å². The molecule has 122 valence electrons. The standard InChI is InChI=1S/C21H26ClN/c1-15-16(2)21-13-18(22)9-10-20(21)19(15)11-12-23(3)14-17-7-5-4-6-8-17/h4-10,13,15-16,19H,11-12,14H2,1-3H3/t15-,16?,19?/m1/s1. The SMILES string of the molecule is CC1c2cc(Cl)ccc2C(CCN(C)Cc2ccccc2)[C@@H]1C. The van der Waals surface area contributed by atoms with Crippen LogP contribution in [0.3, 0.4) is 0 Å². The van der Waals surface area contributed by atoms with Crippen molar-refractivity contribution < 1.29 is 0 Å².